The van der Waals surface area contributed by atoms with E-state index in [1.54, 1.807) is 0 Å². The third-order valence-corrected chi connectivity index (χ3v) is 27.3. The first kappa shape index (κ1) is 71.2. The molecular formula is C118H75BN4O4. The number of aromatic nitrogens is 2. The molecule has 0 N–H and O–H groups in total. The SMILES string of the molecule is CC(C)(C)c1cc2c3c(c1)N(c1c(-c4cccc5c4oc4ccccc45)cc(-c4ccccc4)c4oc5ccccc5c14)c1cc(-c4ccc(-n5c6ccccc6c6ccccc65)cc4)ccc1B3c1ccc(-c3ccc(-n4c5ccccc5c5ccccc54)cc3)cc1N2c1c(-c2cccc3c2oc2ccccc23)cc(-c2ccccc2)c2oc3ccccc3c12. The van der Waals surface area contributed by atoms with Gasteiger partial charge in [-0.15, -0.1) is 0 Å². The predicted octanol–water partition coefficient (Wildman–Crippen LogP) is 30.9. The highest BCUT2D eigenvalue weighted by Gasteiger charge is 2.47. The van der Waals surface area contributed by atoms with Crippen LogP contribution in [0, 0.1) is 0 Å². The standard InChI is InChI=1S/C118H75BN4O4/c1-118(2,3)76-66-103-111-104(67-76)123(113-94(88-43-27-41-86-84-37-15-23-49-106(84)125-115(86)88)69-92(73-30-8-5-9-31-73)117-110(113)90-39-17-25-51-108(90)127-117)102-65-75(71-54-60-78(61-55-71)121-99-46-20-12-34-81(99)82-35-13-21-47-100(82)121)57-63-96(102)119(111)95-62-56-74(70-52-58-77(59-53-70)120-97-44-18-10-32-79(97)80-33-11-19-45-98(80)120)64-101(95)122(103)112-93(87-42-26-40-85-83-36-14-22-48-105(83)124-114(85)87)68-91(72-28-6-4-7-29-72)116-109(112)89-38-16-24-50-107(89)126-116/h4-69H,1-3H3. The van der Waals surface area contributed by atoms with E-state index in [1.807, 2.05) is 0 Å². The molecule has 0 amide bonds. The van der Waals surface area contributed by atoms with Gasteiger partial charge in [0.2, 0.25) is 0 Å². The number of fused-ring (bicyclic) bond motifs is 22. The van der Waals surface area contributed by atoms with Crippen LogP contribution in [0.3, 0.4) is 0 Å². The summed E-state index contributed by atoms with van der Waals surface area (Å²) in [6.07, 6.45) is 0. The van der Waals surface area contributed by atoms with Gasteiger partial charge in [0.05, 0.1) is 44.2 Å². The van der Waals surface area contributed by atoms with Gasteiger partial charge in [-0.2, -0.15) is 0 Å². The van der Waals surface area contributed by atoms with Crippen molar-refractivity contribution in [2.75, 3.05) is 9.80 Å². The Hall–Kier alpha value is -16.4. The third-order valence-electron chi connectivity index (χ3n) is 27.3. The maximum Gasteiger partial charge on any atom is 0.252 e. The maximum atomic E-state index is 7.58. The topological polar surface area (TPSA) is 68.9 Å². The van der Waals surface area contributed by atoms with Crippen molar-refractivity contribution < 1.29 is 17.7 Å². The minimum Gasteiger partial charge on any atom is -0.455 e. The molecule has 9 heteroatoms. The summed E-state index contributed by atoms with van der Waals surface area (Å²) in [5.74, 6) is 0. The van der Waals surface area contributed by atoms with Crippen molar-refractivity contribution in [2.24, 2.45) is 0 Å². The Bertz CT molecular complexity index is 8350. The zero-order chi connectivity index (χ0) is 83.6. The summed E-state index contributed by atoms with van der Waals surface area (Å²) < 4.78 is 34.7. The zero-order valence-electron chi connectivity index (χ0n) is 69.6. The van der Waals surface area contributed by atoms with Crippen LogP contribution in [0.5, 0.6) is 0 Å². The van der Waals surface area contributed by atoms with E-state index >= 15 is 0 Å². The highest BCUT2D eigenvalue weighted by atomic mass is 16.3. The van der Waals surface area contributed by atoms with Crippen molar-refractivity contribution in [2.45, 2.75) is 26.2 Å². The molecule has 0 bridgehead atoms. The molecular weight excluding hydrogens is 1550 g/mol. The normalized spacial score (nSPS) is 12.8. The Balaban J connectivity index is 0.793. The monoisotopic (exact) mass is 1620 g/mol. The fraction of sp³-hybridized carbons (Fsp3) is 0.0339. The Morgan fingerprint density at radius 3 is 0.937 bits per heavy atom. The summed E-state index contributed by atoms with van der Waals surface area (Å²) in [6.45, 7) is 6.74. The minimum absolute atomic E-state index is 0.375. The Morgan fingerprint density at radius 1 is 0.228 bits per heavy atom. The van der Waals surface area contributed by atoms with E-state index < -0.39 is 5.41 Å². The van der Waals surface area contributed by atoms with Gasteiger partial charge in [-0.1, -0.05) is 312 Å². The van der Waals surface area contributed by atoms with Gasteiger partial charge in [-0.25, -0.2) is 0 Å². The van der Waals surface area contributed by atoms with Crippen molar-refractivity contribution in [1.82, 2.24) is 9.13 Å². The number of nitrogens with zero attached hydrogens (tertiary/aromatic N) is 4. The molecule has 2 aliphatic heterocycles. The molecule has 0 spiro atoms. The lowest BCUT2D eigenvalue weighted by molar-refractivity contribution is 0.590. The highest BCUT2D eigenvalue weighted by molar-refractivity contribution is 7.00. The average molecular weight is 1620 g/mol. The minimum atomic E-state index is -0.464. The third kappa shape index (κ3) is 10.5. The highest BCUT2D eigenvalue weighted by Crippen LogP contribution is 2.59. The molecule has 0 saturated heterocycles. The predicted molar refractivity (Wildman–Crippen MR) is 530 cm³/mol. The number of hydrogen-bond donors (Lipinski definition) is 0. The van der Waals surface area contributed by atoms with Crippen LogP contribution in [-0.2, 0) is 5.41 Å². The fourth-order valence-corrected chi connectivity index (χ4v) is 21.5. The van der Waals surface area contributed by atoms with Crippen LogP contribution in [0.2, 0.25) is 0 Å². The van der Waals surface area contributed by atoms with Gasteiger partial charge >= 0.3 is 0 Å². The smallest absolute Gasteiger partial charge is 0.252 e. The molecule has 0 aliphatic carbocycles. The Kier molecular flexibility index (Phi) is 15.2. The average Bonchev–Trinajstić information content (AvgIpc) is 1.59. The summed E-state index contributed by atoms with van der Waals surface area (Å²) in [7, 11) is 0. The van der Waals surface area contributed by atoms with Gasteiger partial charge in [-0.05, 0) is 170 Å². The van der Waals surface area contributed by atoms with Crippen LogP contribution < -0.4 is 26.2 Å². The summed E-state index contributed by atoms with van der Waals surface area (Å²) in [6, 6.07) is 147. The molecule has 594 valence electrons. The molecule has 127 heavy (non-hydrogen) atoms. The number of anilines is 6. The van der Waals surface area contributed by atoms with Gasteiger partial charge in [0.15, 0.2) is 0 Å². The molecule has 0 fully saturated rings. The second-order valence-electron chi connectivity index (χ2n) is 35.2. The number of benzene rings is 19. The quantitative estimate of drug-likeness (QED) is 0.127. The van der Waals surface area contributed by atoms with E-state index in [-0.39, 0.29) is 6.71 Å². The van der Waals surface area contributed by atoms with Crippen LogP contribution in [0.4, 0.5) is 34.1 Å². The first-order valence-corrected chi connectivity index (χ1v) is 43.8. The number of hydrogen-bond acceptors (Lipinski definition) is 6. The summed E-state index contributed by atoms with van der Waals surface area (Å²) in [5.41, 5.74) is 35.5. The second kappa shape index (κ2) is 27.1. The summed E-state index contributed by atoms with van der Waals surface area (Å²) >= 11 is 0. The summed E-state index contributed by atoms with van der Waals surface area (Å²) in [4.78, 5) is 5.33. The summed E-state index contributed by atoms with van der Waals surface area (Å²) in [5, 5.41) is 13.0. The molecule has 8 heterocycles. The second-order valence-corrected chi connectivity index (χ2v) is 35.2. The zero-order valence-corrected chi connectivity index (χ0v) is 69.6. The van der Waals surface area contributed by atoms with E-state index in [0.717, 1.165) is 244 Å². The van der Waals surface area contributed by atoms with Gasteiger partial charge in [0, 0.05) is 121 Å². The maximum absolute atomic E-state index is 7.58. The van der Waals surface area contributed by atoms with Crippen LogP contribution in [0.15, 0.2) is 418 Å². The van der Waals surface area contributed by atoms with Gasteiger partial charge in [0.25, 0.3) is 6.71 Å². The van der Waals surface area contributed by atoms with E-state index in [1.165, 1.54) is 21.5 Å². The number of furan rings is 4. The lowest BCUT2D eigenvalue weighted by Gasteiger charge is -2.46. The van der Waals surface area contributed by atoms with Crippen molar-refractivity contribution in [3.05, 3.63) is 406 Å². The molecule has 2 aliphatic rings. The largest absolute Gasteiger partial charge is 0.455 e. The molecule has 27 rings (SSSR count). The fourth-order valence-electron chi connectivity index (χ4n) is 21.5. The lowest BCUT2D eigenvalue weighted by atomic mass is 9.33. The molecule has 0 atom stereocenters. The molecule has 25 aromatic rings. The van der Waals surface area contributed by atoms with E-state index in [4.69, 9.17) is 17.7 Å². The van der Waals surface area contributed by atoms with Crippen LogP contribution in [0.1, 0.15) is 26.3 Å². The number of para-hydroxylation sites is 10. The van der Waals surface area contributed by atoms with Crippen LogP contribution in [-0.4, -0.2) is 15.8 Å². The van der Waals surface area contributed by atoms with Crippen LogP contribution in [0.25, 0.3) is 210 Å². The first-order chi connectivity index (χ1) is 62.7. The van der Waals surface area contributed by atoms with Crippen molar-refractivity contribution in [3.63, 3.8) is 0 Å². The molecule has 0 saturated carbocycles. The lowest BCUT2D eigenvalue weighted by Crippen LogP contribution is -2.61. The van der Waals surface area contributed by atoms with Crippen molar-refractivity contribution >= 4 is 189 Å². The molecule has 19 aromatic carbocycles. The van der Waals surface area contributed by atoms with Crippen LogP contribution >= 0.6 is 0 Å². The Morgan fingerprint density at radius 2 is 0.551 bits per heavy atom. The van der Waals surface area contributed by atoms with Crippen molar-refractivity contribution in [3.8, 4) is 78.1 Å². The first-order valence-electron chi connectivity index (χ1n) is 43.8. The van der Waals surface area contributed by atoms with Gasteiger partial charge in [-0.3, -0.25) is 0 Å². The van der Waals surface area contributed by atoms with Gasteiger partial charge in [0.1, 0.15) is 44.7 Å². The van der Waals surface area contributed by atoms with Gasteiger partial charge < -0.3 is 36.6 Å². The number of rotatable bonds is 10. The van der Waals surface area contributed by atoms with E-state index in [0.29, 0.717) is 0 Å². The molecule has 6 aromatic heterocycles. The Labute approximate surface area is 730 Å². The molecule has 8 nitrogen and oxygen atoms in total. The molecule has 0 unspecified atom stereocenters. The molecule has 0 radical (unpaired) electrons. The van der Waals surface area contributed by atoms with Crippen molar-refractivity contribution in [1.29, 1.82) is 0 Å². The van der Waals surface area contributed by atoms with E-state index in [2.05, 4.69) is 440 Å². The van der Waals surface area contributed by atoms with E-state index in [9.17, 15) is 0 Å².